The molecule has 1 aliphatic carbocycles. The van der Waals surface area contributed by atoms with Crippen LogP contribution in [0.25, 0.3) is 0 Å². The minimum atomic E-state index is -3.73. The molecule has 2 heterocycles. The summed E-state index contributed by atoms with van der Waals surface area (Å²) in [6, 6.07) is 4.41. The third kappa shape index (κ3) is 4.91. The number of likely N-dealkylation sites (N-methyl/N-ethyl adjacent to an activating group) is 1. The van der Waals surface area contributed by atoms with E-state index in [-0.39, 0.29) is 31.1 Å². The van der Waals surface area contributed by atoms with E-state index in [1.165, 1.54) is 14.0 Å². The third-order valence-electron chi connectivity index (χ3n) is 7.56. The Morgan fingerprint density at radius 3 is 2.53 bits per heavy atom. The van der Waals surface area contributed by atoms with E-state index in [9.17, 15) is 27.6 Å². The molecule has 3 N–H and O–H groups in total. The molecular weight excluding hydrogens is 488 g/mol. The summed E-state index contributed by atoms with van der Waals surface area (Å²) in [5, 5.41) is 13.6. The number of carbonyl (C=O) groups excluding carboxylic acids is 3. The molecule has 0 unspecified atom stereocenters. The molecule has 1 aromatic rings. The van der Waals surface area contributed by atoms with E-state index in [0.717, 1.165) is 40.2 Å². The van der Waals surface area contributed by atoms with Gasteiger partial charge < -0.3 is 20.6 Å². The zero-order valence-corrected chi connectivity index (χ0v) is 21.2. The predicted molar refractivity (Wildman–Crippen MR) is 130 cm³/mol. The molecule has 0 saturated carbocycles. The maximum atomic E-state index is 13.5. The van der Waals surface area contributed by atoms with E-state index in [1.54, 1.807) is 0 Å². The fourth-order valence-electron chi connectivity index (χ4n) is 5.35. The van der Waals surface area contributed by atoms with Crippen LogP contribution >= 0.6 is 0 Å². The van der Waals surface area contributed by atoms with Crippen molar-refractivity contribution in [1.82, 2.24) is 20.4 Å². The first-order valence-corrected chi connectivity index (χ1v) is 13.9. The van der Waals surface area contributed by atoms with Crippen LogP contribution in [-0.4, -0.2) is 83.4 Å². The van der Waals surface area contributed by atoms with Crippen molar-refractivity contribution >= 4 is 33.7 Å². The lowest BCUT2D eigenvalue weighted by Gasteiger charge is -2.32. The summed E-state index contributed by atoms with van der Waals surface area (Å²) in [5.74, 6) is -2.08. The normalized spacial score (nSPS) is 27.7. The van der Waals surface area contributed by atoms with Gasteiger partial charge in [-0.05, 0) is 56.6 Å². The van der Waals surface area contributed by atoms with Gasteiger partial charge >= 0.3 is 6.09 Å². The number of carbonyl (C=O) groups is 4. The fourth-order valence-corrected chi connectivity index (χ4v) is 7.27. The van der Waals surface area contributed by atoms with E-state index >= 15 is 0 Å². The van der Waals surface area contributed by atoms with Gasteiger partial charge in [0.05, 0.1) is 11.8 Å². The van der Waals surface area contributed by atoms with Crippen LogP contribution in [0, 0.1) is 0 Å². The number of aryl methyl sites for hydroxylation is 1. The van der Waals surface area contributed by atoms with Gasteiger partial charge in [-0.1, -0.05) is 24.3 Å². The molecule has 36 heavy (non-hydrogen) atoms. The average molecular weight is 521 g/mol. The minimum absolute atomic E-state index is 0.145. The van der Waals surface area contributed by atoms with Gasteiger partial charge in [0.1, 0.15) is 23.5 Å². The number of hydrogen-bond donors (Lipinski definition) is 3. The standard InChI is InChI=1S/C24H32N4O7S/c1-14(27(2)24(32)33)21(29)26-18-12-13-36(34,35)20-11-10-19(28(20)23(18)31)22(30)25-17-9-5-7-15-6-3-4-8-16(15)17/h3-4,6,8,14,17-20H,5,7,9-13H2,1-2H3,(H,25,30)(H,26,29)(H,32,33)/t14-,17+,18-,19-,20-/m0/s1. The predicted octanol–water partition coefficient (Wildman–Crippen LogP) is 0.799. The number of sulfone groups is 1. The van der Waals surface area contributed by atoms with Gasteiger partial charge in [0.2, 0.25) is 17.7 Å². The molecule has 4 amide bonds. The Kier molecular flexibility index (Phi) is 7.26. The lowest BCUT2D eigenvalue weighted by molar-refractivity contribution is -0.142. The summed E-state index contributed by atoms with van der Waals surface area (Å²) in [6.45, 7) is 1.37. The van der Waals surface area contributed by atoms with Crippen molar-refractivity contribution in [2.45, 2.75) is 75.0 Å². The van der Waals surface area contributed by atoms with Gasteiger partial charge in [0.25, 0.3) is 0 Å². The molecule has 0 bridgehead atoms. The monoisotopic (exact) mass is 520 g/mol. The molecule has 5 atom stereocenters. The van der Waals surface area contributed by atoms with Gasteiger partial charge in [-0.2, -0.15) is 0 Å². The number of nitrogens with one attached hydrogen (secondary N) is 2. The van der Waals surface area contributed by atoms with Gasteiger partial charge in [0.15, 0.2) is 9.84 Å². The van der Waals surface area contributed by atoms with Crippen LogP contribution in [0.3, 0.4) is 0 Å². The lowest BCUT2D eigenvalue weighted by atomic mass is 9.87. The summed E-state index contributed by atoms with van der Waals surface area (Å²) in [6.07, 6.45) is 1.47. The maximum absolute atomic E-state index is 13.5. The van der Waals surface area contributed by atoms with Crippen LogP contribution < -0.4 is 10.6 Å². The van der Waals surface area contributed by atoms with Gasteiger partial charge in [-0.15, -0.1) is 0 Å². The molecule has 1 aromatic carbocycles. The minimum Gasteiger partial charge on any atom is -0.465 e. The largest absolute Gasteiger partial charge is 0.465 e. The summed E-state index contributed by atoms with van der Waals surface area (Å²) in [5.41, 5.74) is 2.19. The molecule has 0 aromatic heterocycles. The van der Waals surface area contributed by atoms with E-state index in [0.29, 0.717) is 0 Å². The smallest absolute Gasteiger partial charge is 0.407 e. The van der Waals surface area contributed by atoms with Crippen molar-refractivity contribution < 1.29 is 32.7 Å². The molecule has 2 saturated heterocycles. The van der Waals surface area contributed by atoms with Crippen LogP contribution in [0.15, 0.2) is 24.3 Å². The Hall–Kier alpha value is -3.15. The molecule has 2 fully saturated rings. The molecule has 3 aliphatic rings. The summed E-state index contributed by atoms with van der Waals surface area (Å²) >= 11 is 0. The second-order valence-electron chi connectivity index (χ2n) is 9.73. The van der Waals surface area contributed by atoms with Crippen molar-refractivity contribution in [1.29, 1.82) is 0 Å². The van der Waals surface area contributed by atoms with Crippen LogP contribution in [0.1, 0.15) is 56.2 Å². The Bertz CT molecular complexity index is 1170. The van der Waals surface area contributed by atoms with Crippen LogP contribution in [-0.2, 0) is 30.6 Å². The fraction of sp³-hybridized carbons (Fsp3) is 0.583. The van der Waals surface area contributed by atoms with Crippen LogP contribution in [0.4, 0.5) is 4.79 Å². The van der Waals surface area contributed by atoms with Crippen molar-refractivity contribution in [3.8, 4) is 0 Å². The van der Waals surface area contributed by atoms with E-state index in [4.69, 9.17) is 5.11 Å². The maximum Gasteiger partial charge on any atom is 0.407 e. The highest BCUT2D eigenvalue weighted by Gasteiger charge is 2.51. The summed E-state index contributed by atoms with van der Waals surface area (Å²) < 4.78 is 26.0. The van der Waals surface area contributed by atoms with Crippen molar-refractivity contribution in [2.24, 2.45) is 0 Å². The molecule has 11 nitrogen and oxygen atoms in total. The van der Waals surface area contributed by atoms with Crippen LogP contribution in [0.2, 0.25) is 0 Å². The van der Waals surface area contributed by atoms with Gasteiger partial charge in [-0.3, -0.25) is 19.3 Å². The van der Waals surface area contributed by atoms with Crippen molar-refractivity contribution in [3.63, 3.8) is 0 Å². The number of hydrogen-bond acceptors (Lipinski definition) is 6. The van der Waals surface area contributed by atoms with Crippen molar-refractivity contribution in [3.05, 3.63) is 35.4 Å². The van der Waals surface area contributed by atoms with Gasteiger partial charge in [0, 0.05) is 7.05 Å². The highest BCUT2D eigenvalue weighted by molar-refractivity contribution is 7.92. The lowest BCUT2D eigenvalue weighted by Crippen LogP contribution is -2.57. The quantitative estimate of drug-likeness (QED) is 0.519. The number of fused-ring (bicyclic) bond motifs is 2. The molecule has 0 spiro atoms. The topological polar surface area (TPSA) is 153 Å². The molecule has 12 heteroatoms. The molecule has 196 valence electrons. The van der Waals surface area contributed by atoms with E-state index < -0.39 is 57.2 Å². The average Bonchev–Trinajstić information content (AvgIpc) is 3.28. The van der Waals surface area contributed by atoms with Crippen LogP contribution in [0.5, 0.6) is 0 Å². The first-order chi connectivity index (χ1) is 17.0. The summed E-state index contributed by atoms with van der Waals surface area (Å²) in [4.78, 5) is 52.7. The van der Waals surface area contributed by atoms with E-state index in [1.807, 2.05) is 24.3 Å². The number of benzene rings is 1. The Labute approximate surface area is 210 Å². The third-order valence-corrected chi connectivity index (χ3v) is 9.66. The second-order valence-corrected chi connectivity index (χ2v) is 12.0. The zero-order chi connectivity index (χ0) is 26.2. The Morgan fingerprint density at radius 2 is 1.81 bits per heavy atom. The first kappa shape index (κ1) is 25.9. The van der Waals surface area contributed by atoms with E-state index in [2.05, 4.69) is 10.6 Å². The SMILES string of the molecule is C[C@@H](C(=O)N[C@H]1CCS(=O)(=O)[C@H]2CC[C@@H](C(=O)N[C@@H]3CCCc4ccccc43)N2C1=O)N(C)C(=O)O. The molecular formula is C24H32N4O7S. The molecule has 0 radical (unpaired) electrons. The Morgan fingerprint density at radius 1 is 1.08 bits per heavy atom. The highest BCUT2D eigenvalue weighted by Crippen LogP contribution is 2.34. The Balaban J connectivity index is 1.54. The number of rotatable bonds is 5. The van der Waals surface area contributed by atoms with Crippen molar-refractivity contribution in [2.75, 3.05) is 12.8 Å². The van der Waals surface area contributed by atoms with Gasteiger partial charge in [-0.25, -0.2) is 13.2 Å². The summed E-state index contributed by atoms with van der Waals surface area (Å²) in [7, 11) is -2.50. The molecule has 2 aliphatic heterocycles. The first-order valence-electron chi connectivity index (χ1n) is 12.2. The second kappa shape index (κ2) is 10.1. The zero-order valence-electron chi connectivity index (χ0n) is 20.3. The number of carboxylic acid groups (broad SMARTS) is 1. The number of amides is 4. The number of nitrogens with zero attached hydrogens (tertiary/aromatic N) is 2. The highest BCUT2D eigenvalue weighted by atomic mass is 32.2. The molecule has 4 rings (SSSR count).